The molecule has 8 nitrogen and oxygen atoms in total. The Balaban J connectivity index is 1.62. The number of rotatable bonds is 8. The van der Waals surface area contributed by atoms with E-state index in [4.69, 9.17) is 24.2 Å². The number of nitrogens with zero attached hydrogens (tertiary/aromatic N) is 4. The second kappa shape index (κ2) is 9.76. The van der Waals surface area contributed by atoms with Crippen LogP contribution in [0.4, 0.5) is 0 Å². The molecule has 0 amide bonds. The van der Waals surface area contributed by atoms with E-state index in [0.29, 0.717) is 36.8 Å². The fraction of sp³-hybridized carbons (Fsp3) is 0.345. The molecule has 0 atom stereocenters. The topological polar surface area (TPSA) is 79.9 Å². The Morgan fingerprint density at radius 1 is 0.973 bits per heavy atom. The van der Waals surface area contributed by atoms with Crippen LogP contribution in [0, 0.1) is 0 Å². The summed E-state index contributed by atoms with van der Waals surface area (Å²) < 4.78 is 21.6. The monoisotopic (exact) mass is 498 g/mol. The van der Waals surface area contributed by atoms with Crippen LogP contribution in [0.1, 0.15) is 51.8 Å². The van der Waals surface area contributed by atoms with Crippen molar-refractivity contribution in [1.82, 2.24) is 18.9 Å². The van der Waals surface area contributed by atoms with Gasteiger partial charge in [0.1, 0.15) is 24.4 Å². The van der Waals surface area contributed by atoms with Gasteiger partial charge in [-0.25, -0.2) is 9.97 Å². The molecular weight excluding hydrogens is 468 g/mol. The molecule has 0 aliphatic carbocycles. The SMILES string of the molecule is CCCCC(=O)Oc1cn(-c2ccc3c(c2)OCCO3)c2nc(CCCC)n3c4ccccc4nc3c12. The minimum absolute atomic E-state index is 0.257. The van der Waals surface area contributed by atoms with Crippen molar-refractivity contribution < 1.29 is 19.0 Å². The van der Waals surface area contributed by atoms with Gasteiger partial charge >= 0.3 is 5.97 Å². The summed E-state index contributed by atoms with van der Waals surface area (Å²) in [4.78, 5) is 22.9. The molecule has 0 saturated heterocycles. The summed E-state index contributed by atoms with van der Waals surface area (Å²) in [6, 6.07) is 13.9. The van der Waals surface area contributed by atoms with Crippen molar-refractivity contribution in [1.29, 1.82) is 0 Å². The fourth-order valence-corrected chi connectivity index (χ4v) is 4.87. The van der Waals surface area contributed by atoms with E-state index < -0.39 is 0 Å². The van der Waals surface area contributed by atoms with Crippen LogP contribution >= 0.6 is 0 Å². The molecule has 3 aromatic heterocycles. The lowest BCUT2D eigenvalue weighted by atomic mass is 10.2. The summed E-state index contributed by atoms with van der Waals surface area (Å²) in [5, 5.41) is 0.719. The molecule has 4 heterocycles. The number of hydrogen-bond donors (Lipinski definition) is 0. The van der Waals surface area contributed by atoms with E-state index in [2.05, 4.69) is 24.3 Å². The van der Waals surface area contributed by atoms with E-state index in [0.717, 1.165) is 71.4 Å². The van der Waals surface area contributed by atoms with Gasteiger partial charge in [0.05, 0.1) is 22.9 Å². The molecule has 0 bridgehead atoms. The van der Waals surface area contributed by atoms with Gasteiger partial charge in [0.25, 0.3) is 0 Å². The lowest BCUT2D eigenvalue weighted by Crippen LogP contribution is -2.15. The van der Waals surface area contributed by atoms with E-state index in [1.54, 1.807) is 0 Å². The lowest BCUT2D eigenvalue weighted by molar-refractivity contribution is -0.134. The Bertz CT molecular complexity index is 1620. The van der Waals surface area contributed by atoms with Crippen LogP contribution in [-0.4, -0.2) is 38.1 Å². The molecule has 2 aromatic carbocycles. The van der Waals surface area contributed by atoms with Gasteiger partial charge in [-0.15, -0.1) is 0 Å². The second-order valence-electron chi connectivity index (χ2n) is 9.36. The zero-order valence-electron chi connectivity index (χ0n) is 21.2. The van der Waals surface area contributed by atoms with Gasteiger partial charge in [-0.05, 0) is 37.1 Å². The van der Waals surface area contributed by atoms with Crippen molar-refractivity contribution in [3.05, 3.63) is 54.5 Å². The number of ether oxygens (including phenoxy) is 3. The predicted molar refractivity (Wildman–Crippen MR) is 142 cm³/mol. The summed E-state index contributed by atoms with van der Waals surface area (Å²) in [5.41, 5.74) is 4.16. The number of esters is 1. The third-order valence-electron chi connectivity index (χ3n) is 6.74. The zero-order valence-corrected chi connectivity index (χ0v) is 21.2. The Hall–Kier alpha value is -4.07. The first-order chi connectivity index (χ1) is 18.2. The van der Waals surface area contributed by atoms with Gasteiger partial charge in [0.15, 0.2) is 28.5 Å². The molecule has 1 aliphatic rings. The van der Waals surface area contributed by atoms with Crippen LogP contribution in [-0.2, 0) is 11.2 Å². The number of para-hydroxylation sites is 2. The van der Waals surface area contributed by atoms with E-state index in [1.165, 1.54) is 0 Å². The van der Waals surface area contributed by atoms with Crippen LogP contribution in [0.15, 0.2) is 48.7 Å². The smallest absolute Gasteiger partial charge is 0.311 e. The molecule has 0 radical (unpaired) electrons. The van der Waals surface area contributed by atoms with E-state index >= 15 is 0 Å². The van der Waals surface area contributed by atoms with E-state index in [1.807, 2.05) is 47.2 Å². The van der Waals surface area contributed by atoms with Gasteiger partial charge in [-0.1, -0.05) is 38.8 Å². The molecule has 8 heteroatoms. The zero-order chi connectivity index (χ0) is 25.4. The number of hydrogen-bond acceptors (Lipinski definition) is 6. The number of aromatic nitrogens is 4. The molecule has 5 aromatic rings. The maximum atomic E-state index is 12.8. The standard InChI is InChI=1S/C29H30N4O4/c1-3-5-11-25-31-28-27(29-30-20-9-7-8-10-21(20)33(25)29)24(37-26(34)12-6-4-2)18-32(28)19-13-14-22-23(17-19)36-16-15-35-22/h7-10,13-14,17-18H,3-6,11-12,15-16H2,1-2H3. The van der Waals surface area contributed by atoms with Crippen LogP contribution in [0.2, 0.25) is 0 Å². The second-order valence-corrected chi connectivity index (χ2v) is 9.36. The summed E-state index contributed by atoms with van der Waals surface area (Å²) in [5.74, 6) is 2.54. The first kappa shape index (κ1) is 23.3. The van der Waals surface area contributed by atoms with Crippen LogP contribution in [0.3, 0.4) is 0 Å². The molecule has 0 spiro atoms. The van der Waals surface area contributed by atoms with Gasteiger partial charge < -0.3 is 14.2 Å². The maximum absolute atomic E-state index is 12.8. The molecule has 37 heavy (non-hydrogen) atoms. The Labute approximate surface area is 214 Å². The number of benzene rings is 2. The highest BCUT2D eigenvalue weighted by Crippen LogP contribution is 2.38. The van der Waals surface area contributed by atoms with Crippen LogP contribution < -0.4 is 14.2 Å². The maximum Gasteiger partial charge on any atom is 0.311 e. The number of fused-ring (bicyclic) bond motifs is 6. The first-order valence-corrected chi connectivity index (χ1v) is 13.1. The summed E-state index contributed by atoms with van der Waals surface area (Å²) >= 11 is 0. The minimum Gasteiger partial charge on any atom is -0.486 e. The molecule has 1 aliphatic heterocycles. The van der Waals surface area contributed by atoms with Crippen molar-refractivity contribution in [2.75, 3.05) is 13.2 Å². The van der Waals surface area contributed by atoms with Gasteiger partial charge in [0, 0.05) is 18.9 Å². The largest absolute Gasteiger partial charge is 0.486 e. The molecule has 190 valence electrons. The number of aryl methyl sites for hydroxylation is 1. The fourth-order valence-electron chi connectivity index (χ4n) is 4.87. The van der Waals surface area contributed by atoms with Crippen molar-refractivity contribution >= 4 is 33.7 Å². The number of unbranched alkanes of at least 4 members (excludes halogenated alkanes) is 2. The molecule has 0 saturated carbocycles. The molecule has 0 fully saturated rings. The average Bonchev–Trinajstić information content (AvgIpc) is 3.49. The predicted octanol–water partition coefficient (Wildman–Crippen LogP) is 6.04. The normalized spacial score (nSPS) is 13.0. The van der Waals surface area contributed by atoms with Crippen molar-refractivity contribution in [3.63, 3.8) is 0 Å². The van der Waals surface area contributed by atoms with Crippen LogP contribution in [0.25, 0.3) is 33.4 Å². The van der Waals surface area contributed by atoms with Crippen molar-refractivity contribution in [2.24, 2.45) is 0 Å². The summed E-state index contributed by atoms with van der Waals surface area (Å²) in [6.07, 6.45) is 6.77. The molecule has 0 N–H and O–H groups in total. The van der Waals surface area contributed by atoms with Gasteiger partial charge in [-0.3, -0.25) is 13.8 Å². The number of imidazole rings is 1. The third-order valence-corrected chi connectivity index (χ3v) is 6.74. The third kappa shape index (κ3) is 4.16. The molecule has 0 unspecified atom stereocenters. The highest BCUT2D eigenvalue weighted by Gasteiger charge is 2.24. The van der Waals surface area contributed by atoms with Crippen LogP contribution in [0.5, 0.6) is 17.2 Å². The number of carbonyl (C=O) groups is 1. The molecular formula is C29H30N4O4. The van der Waals surface area contributed by atoms with Gasteiger partial charge in [-0.2, -0.15) is 0 Å². The van der Waals surface area contributed by atoms with Crippen molar-refractivity contribution in [2.45, 2.75) is 52.4 Å². The van der Waals surface area contributed by atoms with E-state index in [-0.39, 0.29) is 5.97 Å². The minimum atomic E-state index is -0.257. The van der Waals surface area contributed by atoms with Crippen molar-refractivity contribution in [3.8, 4) is 22.9 Å². The molecule has 6 rings (SSSR count). The Kier molecular flexibility index (Phi) is 6.16. The van der Waals surface area contributed by atoms with Gasteiger partial charge in [0.2, 0.25) is 0 Å². The summed E-state index contributed by atoms with van der Waals surface area (Å²) in [6.45, 7) is 5.27. The van der Waals surface area contributed by atoms with E-state index in [9.17, 15) is 4.79 Å². The summed E-state index contributed by atoms with van der Waals surface area (Å²) in [7, 11) is 0. The lowest BCUT2D eigenvalue weighted by Gasteiger charge is -2.19. The highest BCUT2D eigenvalue weighted by molar-refractivity contribution is 6.01. The quantitative estimate of drug-likeness (QED) is 0.243. The highest BCUT2D eigenvalue weighted by atomic mass is 16.6. The number of carbonyl (C=O) groups excluding carboxylic acids is 1. The Morgan fingerprint density at radius 2 is 1.78 bits per heavy atom. The first-order valence-electron chi connectivity index (χ1n) is 13.1. The Morgan fingerprint density at radius 3 is 2.62 bits per heavy atom. The average molecular weight is 499 g/mol.